The van der Waals surface area contributed by atoms with Gasteiger partial charge in [0.15, 0.2) is 0 Å². The molecule has 0 atom stereocenters. The number of aromatic nitrogens is 2. The molecule has 3 aromatic heterocycles. The SMILES string of the molecule is CNc1ccnc2[nH]c3ccc(N(C)S(=O)(=O)c4cccs4)cc3c12. The van der Waals surface area contributed by atoms with Crippen molar-refractivity contribution < 1.29 is 8.42 Å². The minimum Gasteiger partial charge on any atom is -0.387 e. The topological polar surface area (TPSA) is 78.1 Å². The number of nitrogens with one attached hydrogen (secondary N) is 2. The third kappa shape index (κ3) is 2.45. The van der Waals surface area contributed by atoms with Crippen LogP contribution in [0.5, 0.6) is 0 Å². The molecule has 4 aromatic rings. The fraction of sp³-hybridized carbons (Fsp3) is 0.118. The number of thiophene rings is 1. The summed E-state index contributed by atoms with van der Waals surface area (Å²) in [6.07, 6.45) is 1.73. The third-order valence-corrected chi connectivity index (χ3v) is 7.38. The average Bonchev–Trinajstić information content (AvgIpc) is 3.28. The quantitative estimate of drug-likeness (QED) is 0.573. The van der Waals surface area contributed by atoms with Gasteiger partial charge in [0.2, 0.25) is 0 Å². The van der Waals surface area contributed by atoms with Gasteiger partial charge < -0.3 is 10.3 Å². The molecule has 0 unspecified atom stereocenters. The standard InChI is InChI=1S/C17H16N4O2S2/c1-18-14-7-8-19-17-16(14)12-10-11(5-6-13(12)20-17)21(2)25(22,23)15-4-3-9-24-15/h3-10H,1-2H3,(H2,18,19,20). The molecule has 0 radical (unpaired) electrons. The van der Waals surface area contributed by atoms with E-state index in [9.17, 15) is 8.42 Å². The van der Waals surface area contributed by atoms with Crippen LogP contribution in [0.4, 0.5) is 11.4 Å². The number of nitrogens with zero attached hydrogens (tertiary/aromatic N) is 2. The maximum atomic E-state index is 12.8. The molecule has 3 heterocycles. The molecule has 0 saturated carbocycles. The van der Waals surface area contributed by atoms with E-state index >= 15 is 0 Å². The zero-order valence-corrected chi connectivity index (χ0v) is 15.3. The maximum Gasteiger partial charge on any atom is 0.273 e. The van der Waals surface area contributed by atoms with Crippen molar-refractivity contribution in [2.75, 3.05) is 23.7 Å². The smallest absolute Gasteiger partial charge is 0.273 e. The van der Waals surface area contributed by atoms with Gasteiger partial charge in [-0.1, -0.05) is 6.07 Å². The van der Waals surface area contributed by atoms with Crippen molar-refractivity contribution in [1.29, 1.82) is 0 Å². The molecule has 2 N–H and O–H groups in total. The molecule has 0 saturated heterocycles. The summed E-state index contributed by atoms with van der Waals surface area (Å²) < 4.78 is 27.2. The summed E-state index contributed by atoms with van der Waals surface area (Å²) in [5.41, 5.74) is 3.23. The first-order valence-electron chi connectivity index (χ1n) is 7.63. The second-order valence-corrected chi connectivity index (χ2v) is 8.74. The highest BCUT2D eigenvalue weighted by Crippen LogP contribution is 2.34. The van der Waals surface area contributed by atoms with Crippen LogP contribution in [0.3, 0.4) is 0 Å². The largest absolute Gasteiger partial charge is 0.387 e. The number of fused-ring (bicyclic) bond motifs is 3. The van der Waals surface area contributed by atoms with Gasteiger partial charge in [-0.2, -0.15) is 0 Å². The van der Waals surface area contributed by atoms with Gasteiger partial charge >= 0.3 is 0 Å². The van der Waals surface area contributed by atoms with Crippen LogP contribution in [0.25, 0.3) is 21.9 Å². The summed E-state index contributed by atoms with van der Waals surface area (Å²) in [6, 6.07) is 10.8. The normalized spacial score (nSPS) is 11.9. The van der Waals surface area contributed by atoms with Gasteiger partial charge in [-0.05, 0) is 35.7 Å². The number of hydrogen-bond donors (Lipinski definition) is 2. The fourth-order valence-corrected chi connectivity index (χ4v) is 5.24. The van der Waals surface area contributed by atoms with E-state index in [1.807, 2.05) is 25.2 Å². The molecule has 0 aliphatic carbocycles. The zero-order valence-electron chi connectivity index (χ0n) is 13.6. The summed E-state index contributed by atoms with van der Waals surface area (Å²) >= 11 is 1.21. The Morgan fingerprint density at radius 3 is 2.80 bits per heavy atom. The van der Waals surface area contributed by atoms with Crippen LogP contribution >= 0.6 is 11.3 Å². The molecule has 4 rings (SSSR count). The number of benzene rings is 1. The minimum absolute atomic E-state index is 0.326. The Hall–Kier alpha value is -2.58. The summed E-state index contributed by atoms with van der Waals surface area (Å²) in [5, 5.41) is 6.79. The van der Waals surface area contributed by atoms with Crippen LogP contribution in [0.15, 0.2) is 52.2 Å². The van der Waals surface area contributed by atoms with Crippen LogP contribution in [-0.2, 0) is 10.0 Å². The lowest BCUT2D eigenvalue weighted by Gasteiger charge is -2.18. The lowest BCUT2D eigenvalue weighted by atomic mass is 10.1. The number of H-pyrrole nitrogens is 1. The van der Waals surface area contributed by atoms with Gasteiger partial charge in [0.1, 0.15) is 9.86 Å². The summed E-state index contributed by atoms with van der Waals surface area (Å²) in [6.45, 7) is 0. The van der Waals surface area contributed by atoms with Gasteiger partial charge in [0.05, 0.1) is 5.69 Å². The number of pyridine rings is 1. The lowest BCUT2D eigenvalue weighted by Crippen LogP contribution is -2.25. The molecular formula is C17H16N4O2S2. The van der Waals surface area contributed by atoms with E-state index in [0.717, 1.165) is 27.6 Å². The molecule has 6 nitrogen and oxygen atoms in total. The van der Waals surface area contributed by atoms with Crippen LogP contribution in [-0.4, -0.2) is 32.5 Å². The molecule has 0 aliphatic rings. The number of aromatic amines is 1. The summed E-state index contributed by atoms with van der Waals surface area (Å²) in [5.74, 6) is 0. The number of sulfonamides is 1. The highest BCUT2D eigenvalue weighted by atomic mass is 32.2. The molecular weight excluding hydrogens is 356 g/mol. The Bertz CT molecular complexity index is 1160. The second kappa shape index (κ2) is 5.75. The number of hydrogen-bond acceptors (Lipinski definition) is 5. The van der Waals surface area contributed by atoms with Crippen molar-refractivity contribution in [1.82, 2.24) is 9.97 Å². The van der Waals surface area contributed by atoms with Crippen LogP contribution in [0.2, 0.25) is 0 Å². The van der Waals surface area contributed by atoms with E-state index in [-0.39, 0.29) is 0 Å². The van der Waals surface area contributed by atoms with Crippen molar-refractivity contribution in [2.24, 2.45) is 0 Å². The highest BCUT2D eigenvalue weighted by molar-refractivity contribution is 7.94. The third-order valence-electron chi connectivity index (χ3n) is 4.22. The van der Waals surface area contributed by atoms with Gasteiger partial charge in [-0.15, -0.1) is 11.3 Å². The summed E-state index contributed by atoms with van der Waals surface area (Å²) in [4.78, 5) is 7.63. The fourth-order valence-electron chi connectivity index (χ4n) is 2.89. The molecule has 25 heavy (non-hydrogen) atoms. The maximum absolute atomic E-state index is 12.8. The second-order valence-electron chi connectivity index (χ2n) is 5.59. The van der Waals surface area contributed by atoms with Crippen LogP contribution < -0.4 is 9.62 Å². The Balaban J connectivity index is 1.90. The van der Waals surface area contributed by atoms with Gasteiger partial charge in [-0.25, -0.2) is 13.4 Å². The van der Waals surface area contributed by atoms with Crippen molar-refractivity contribution in [3.05, 3.63) is 48.0 Å². The van der Waals surface area contributed by atoms with Crippen molar-refractivity contribution in [3.63, 3.8) is 0 Å². The molecule has 0 fully saturated rings. The van der Waals surface area contributed by atoms with E-state index in [0.29, 0.717) is 9.90 Å². The van der Waals surface area contributed by atoms with Gasteiger partial charge in [0, 0.05) is 42.3 Å². The first kappa shape index (κ1) is 15.9. The minimum atomic E-state index is -3.56. The molecule has 1 aromatic carbocycles. The van der Waals surface area contributed by atoms with E-state index in [1.54, 1.807) is 36.8 Å². The van der Waals surface area contributed by atoms with Gasteiger partial charge in [0.25, 0.3) is 10.0 Å². The Morgan fingerprint density at radius 2 is 2.08 bits per heavy atom. The monoisotopic (exact) mass is 372 g/mol. The Kier molecular flexibility index (Phi) is 3.66. The predicted molar refractivity (Wildman–Crippen MR) is 103 cm³/mol. The average molecular weight is 372 g/mol. The van der Waals surface area contributed by atoms with Crippen LogP contribution in [0.1, 0.15) is 0 Å². The Morgan fingerprint density at radius 1 is 1.24 bits per heavy atom. The lowest BCUT2D eigenvalue weighted by molar-refractivity contribution is 0.596. The van der Waals surface area contributed by atoms with E-state index < -0.39 is 10.0 Å². The molecule has 0 spiro atoms. The first-order valence-corrected chi connectivity index (χ1v) is 9.95. The number of anilines is 2. The summed E-state index contributed by atoms with van der Waals surface area (Å²) in [7, 11) is -0.135. The number of rotatable bonds is 4. The van der Waals surface area contributed by atoms with E-state index in [1.165, 1.54) is 15.6 Å². The molecule has 0 aliphatic heterocycles. The molecule has 128 valence electrons. The van der Waals surface area contributed by atoms with Crippen LogP contribution in [0, 0.1) is 0 Å². The van der Waals surface area contributed by atoms with Crippen molar-refractivity contribution in [2.45, 2.75) is 4.21 Å². The predicted octanol–water partition coefficient (Wildman–Crippen LogP) is 3.64. The highest BCUT2D eigenvalue weighted by Gasteiger charge is 2.23. The molecule has 0 bridgehead atoms. The van der Waals surface area contributed by atoms with Crippen molar-refractivity contribution in [3.8, 4) is 0 Å². The van der Waals surface area contributed by atoms with E-state index in [4.69, 9.17) is 0 Å². The Labute approximate surface area is 149 Å². The molecule has 0 amide bonds. The van der Waals surface area contributed by atoms with Gasteiger partial charge in [-0.3, -0.25) is 4.31 Å². The molecule has 8 heteroatoms. The van der Waals surface area contributed by atoms with E-state index in [2.05, 4.69) is 15.3 Å². The first-order chi connectivity index (χ1) is 12.0. The van der Waals surface area contributed by atoms with Crippen molar-refractivity contribution >= 4 is 54.7 Å². The zero-order chi connectivity index (χ0) is 17.6.